The lowest BCUT2D eigenvalue weighted by molar-refractivity contribution is 1.21. The minimum Gasteiger partial charge on any atom is -0.260 e. The van der Waals surface area contributed by atoms with Crippen LogP contribution in [0.4, 0.5) is 0 Å². The summed E-state index contributed by atoms with van der Waals surface area (Å²) in [6.07, 6.45) is 1.83. The maximum atomic E-state index is 8.81. The molecule has 0 saturated heterocycles. The molecule has 0 unspecified atom stereocenters. The Hall–Kier alpha value is -2.81. The summed E-state index contributed by atoms with van der Waals surface area (Å²) in [6, 6.07) is 15.0. The number of rotatable bonds is 0. The lowest BCUT2D eigenvalue weighted by Crippen LogP contribution is -1.90. The minimum atomic E-state index is 0.625. The van der Waals surface area contributed by atoms with Crippen molar-refractivity contribution in [1.29, 1.82) is 5.26 Å². The molecule has 3 aromatic rings. The predicted molar refractivity (Wildman–Crippen MR) is 88.6 cm³/mol. The van der Waals surface area contributed by atoms with E-state index in [2.05, 4.69) is 22.9 Å². The third-order valence-electron chi connectivity index (χ3n) is 3.39. The summed E-state index contributed by atoms with van der Waals surface area (Å²) in [4.78, 5) is 4.39. The van der Waals surface area contributed by atoms with E-state index in [1.165, 1.54) is 0 Å². The zero-order valence-corrected chi connectivity index (χ0v) is 12.6. The highest BCUT2D eigenvalue weighted by Gasteiger charge is 2.04. The number of fused-ring (bicyclic) bond motifs is 1. The molecule has 0 spiro atoms. The molecule has 0 radical (unpaired) electrons. The van der Waals surface area contributed by atoms with Gasteiger partial charge in [-0.2, -0.15) is 5.26 Å². The summed E-state index contributed by atoms with van der Waals surface area (Å²) < 4.78 is 0. The van der Waals surface area contributed by atoms with Crippen molar-refractivity contribution in [2.45, 2.75) is 6.92 Å². The first-order valence-electron chi connectivity index (χ1n) is 6.74. The molecule has 22 heavy (non-hydrogen) atoms. The van der Waals surface area contributed by atoms with E-state index in [1.54, 1.807) is 12.1 Å². The van der Waals surface area contributed by atoms with Gasteiger partial charge in [0.05, 0.1) is 22.9 Å². The molecule has 0 bridgehead atoms. The van der Waals surface area contributed by atoms with E-state index < -0.39 is 0 Å². The van der Waals surface area contributed by atoms with E-state index in [0.29, 0.717) is 10.6 Å². The zero-order chi connectivity index (χ0) is 15.5. The first-order chi connectivity index (χ1) is 10.7. The van der Waals surface area contributed by atoms with E-state index in [4.69, 9.17) is 16.9 Å². The Morgan fingerprint density at radius 2 is 1.73 bits per heavy atom. The molecule has 0 aliphatic carbocycles. The van der Waals surface area contributed by atoms with Crippen molar-refractivity contribution < 1.29 is 0 Å². The van der Waals surface area contributed by atoms with Crippen molar-refractivity contribution in [3.05, 3.63) is 76.1 Å². The van der Waals surface area contributed by atoms with Gasteiger partial charge in [0.1, 0.15) is 0 Å². The van der Waals surface area contributed by atoms with Gasteiger partial charge < -0.3 is 0 Å². The highest BCUT2D eigenvalue weighted by Crippen LogP contribution is 2.23. The van der Waals surface area contributed by atoms with E-state index in [-0.39, 0.29) is 0 Å². The molecule has 1 aromatic heterocycles. The molecule has 0 amide bonds. The number of pyridine rings is 1. The average molecular weight is 303 g/mol. The Kier molecular flexibility index (Phi) is 3.79. The Bertz CT molecular complexity index is 950. The third-order valence-corrected chi connectivity index (χ3v) is 3.62. The summed E-state index contributed by atoms with van der Waals surface area (Å²) in [7, 11) is 0. The van der Waals surface area contributed by atoms with E-state index in [0.717, 1.165) is 27.6 Å². The van der Waals surface area contributed by atoms with Crippen LogP contribution < -0.4 is 0 Å². The van der Waals surface area contributed by atoms with Crippen LogP contribution in [0.25, 0.3) is 10.8 Å². The monoisotopic (exact) mass is 302 g/mol. The Morgan fingerprint density at radius 1 is 1.00 bits per heavy atom. The molecule has 0 fully saturated rings. The maximum Gasteiger partial charge on any atom is 0.0991 e. The smallest absolute Gasteiger partial charge is 0.0991 e. The molecule has 0 saturated carbocycles. The number of nitriles is 1. The van der Waals surface area contributed by atoms with Gasteiger partial charge in [-0.05, 0) is 43.3 Å². The van der Waals surface area contributed by atoms with Crippen molar-refractivity contribution in [2.24, 2.45) is 0 Å². The molecular formula is C19H11ClN2. The number of halogens is 1. The van der Waals surface area contributed by atoms with E-state index >= 15 is 0 Å². The number of benzene rings is 2. The quantitative estimate of drug-likeness (QED) is 0.575. The normalized spacial score (nSPS) is 9.86. The van der Waals surface area contributed by atoms with E-state index in [1.807, 2.05) is 43.5 Å². The highest BCUT2D eigenvalue weighted by molar-refractivity contribution is 6.31. The van der Waals surface area contributed by atoms with Crippen LogP contribution in [0.5, 0.6) is 0 Å². The summed E-state index contributed by atoms with van der Waals surface area (Å²) in [5.74, 6) is 6.31. The number of hydrogen-bond acceptors (Lipinski definition) is 2. The third kappa shape index (κ3) is 2.79. The van der Waals surface area contributed by atoms with Crippen LogP contribution in [0.2, 0.25) is 5.02 Å². The first-order valence-corrected chi connectivity index (χ1v) is 7.12. The van der Waals surface area contributed by atoms with Crippen LogP contribution in [-0.2, 0) is 0 Å². The summed E-state index contributed by atoms with van der Waals surface area (Å²) in [6.45, 7) is 1.93. The van der Waals surface area contributed by atoms with Gasteiger partial charge >= 0.3 is 0 Å². The SMILES string of the molecule is Cc1ncc2ccc(Cl)cc2c1C#Cc1ccc(C#N)cc1. The molecule has 0 N–H and O–H groups in total. The maximum absolute atomic E-state index is 8.81. The van der Waals surface area contributed by atoms with Gasteiger partial charge in [0.25, 0.3) is 0 Å². The second-order valence-electron chi connectivity index (χ2n) is 4.89. The fraction of sp³-hybridized carbons (Fsp3) is 0.0526. The molecule has 0 aliphatic rings. The van der Waals surface area contributed by atoms with Gasteiger partial charge in [0.15, 0.2) is 0 Å². The number of aryl methyl sites for hydroxylation is 1. The lowest BCUT2D eigenvalue weighted by Gasteiger charge is -2.04. The first kappa shape index (κ1) is 14.1. The second-order valence-corrected chi connectivity index (χ2v) is 5.33. The molecule has 1 heterocycles. The van der Waals surface area contributed by atoms with E-state index in [9.17, 15) is 0 Å². The van der Waals surface area contributed by atoms with Gasteiger partial charge in [-0.15, -0.1) is 0 Å². The Labute approximate surface area is 134 Å². The van der Waals surface area contributed by atoms with Gasteiger partial charge in [-0.1, -0.05) is 29.5 Å². The fourth-order valence-corrected chi connectivity index (χ4v) is 2.38. The summed E-state index contributed by atoms with van der Waals surface area (Å²) in [5.41, 5.74) is 3.23. The largest absolute Gasteiger partial charge is 0.260 e. The Balaban J connectivity index is 2.11. The standard InChI is InChI=1S/C19H11ClN2/c1-13-18(9-6-14-2-4-15(11-21)5-3-14)19-10-17(20)8-7-16(19)12-22-13/h2-5,7-8,10,12H,1H3. The molecule has 0 atom stereocenters. The van der Waals surface area contributed by atoms with Crippen LogP contribution in [0.3, 0.4) is 0 Å². The van der Waals surface area contributed by atoms with Crippen molar-refractivity contribution in [2.75, 3.05) is 0 Å². The number of hydrogen-bond donors (Lipinski definition) is 0. The van der Waals surface area contributed by atoms with Crippen molar-refractivity contribution in [3.63, 3.8) is 0 Å². The van der Waals surface area contributed by atoms with Crippen molar-refractivity contribution >= 4 is 22.4 Å². The predicted octanol–water partition coefficient (Wildman–Crippen LogP) is 4.47. The molecule has 0 aliphatic heterocycles. The average Bonchev–Trinajstić information content (AvgIpc) is 2.54. The molecule has 3 heteroatoms. The summed E-state index contributed by atoms with van der Waals surface area (Å²) in [5, 5.41) is 11.5. The molecule has 104 valence electrons. The van der Waals surface area contributed by atoms with Crippen LogP contribution >= 0.6 is 11.6 Å². The molecule has 2 nitrogen and oxygen atoms in total. The van der Waals surface area contributed by atoms with Gasteiger partial charge in [-0.3, -0.25) is 4.98 Å². The topological polar surface area (TPSA) is 36.7 Å². The van der Waals surface area contributed by atoms with Gasteiger partial charge in [0.2, 0.25) is 0 Å². The fourth-order valence-electron chi connectivity index (χ4n) is 2.20. The van der Waals surface area contributed by atoms with Gasteiger partial charge in [0, 0.05) is 27.6 Å². The molecule has 3 rings (SSSR count). The van der Waals surface area contributed by atoms with Crippen LogP contribution in [0.15, 0.2) is 48.7 Å². The Morgan fingerprint density at radius 3 is 2.45 bits per heavy atom. The lowest BCUT2D eigenvalue weighted by atomic mass is 10.0. The molecule has 2 aromatic carbocycles. The second kappa shape index (κ2) is 5.90. The highest BCUT2D eigenvalue weighted by atomic mass is 35.5. The number of nitrogens with zero attached hydrogens (tertiary/aromatic N) is 2. The van der Waals surface area contributed by atoms with Gasteiger partial charge in [-0.25, -0.2) is 0 Å². The van der Waals surface area contributed by atoms with Crippen molar-refractivity contribution in [1.82, 2.24) is 4.98 Å². The summed E-state index contributed by atoms with van der Waals surface area (Å²) >= 11 is 6.09. The number of aromatic nitrogens is 1. The zero-order valence-electron chi connectivity index (χ0n) is 11.9. The minimum absolute atomic E-state index is 0.625. The molecular weight excluding hydrogens is 292 g/mol. The van der Waals surface area contributed by atoms with Crippen molar-refractivity contribution in [3.8, 4) is 17.9 Å². The van der Waals surface area contributed by atoms with Crippen LogP contribution in [-0.4, -0.2) is 4.98 Å². The van der Waals surface area contributed by atoms with Crippen LogP contribution in [0.1, 0.15) is 22.4 Å². The van der Waals surface area contributed by atoms with Crippen LogP contribution in [0, 0.1) is 30.1 Å².